The minimum atomic E-state index is -0.811. The lowest BCUT2D eigenvalue weighted by molar-refractivity contribution is -0.162. The molecule has 1 fully saturated rings. The lowest BCUT2D eigenvalue weighted by Gasteiger charge is -2.18. The number of esters is 2. The van der Waals surface area contributed by atoms with Crippen molar-refractivity contribution in [2.24, 2.45) is 0 Å². The molecule has 144 valence electrons. The van der Waals surface area contributed by atoms with Crippen molar-refractivity contribution in [3.8, 4) is 0 Å². The topological polar surface area (TPSA) is 154 Å². The molecule has 0 saturated carbocycles. The van der Waals surface area contributed by atoms with Crippen molar-refractivity contribution < 1.29 is 33.3 Å². The van der Waals surface area contributed by atoms with Crippen molar-refractivity contribution in [2.45, 2.75) is 24.9 Å². The van der Waals surface area contributed by atoms with Gasteiger partial charge in [-0.15, -0.1) is 0 Å². The van der Waals surface area contributed by atoms with Gasteiger partial charge in [0.1, 0.15) is 44.6 Å². The number of nitrogens with two attached hydrogens (primary N) is 1. The Kier molecular flexibility index (Phi) is 7.00. The van der Waals surface area contributed by atoms with Crippen molar-refractivity contribution in [3.05, 3.63) is 16.8 Å². The molecule has 1 saturated heterocycles. The molecule has 12 nitrogen and oxygen atoms in total. The highest BCUT2D eigenvalue weighted by Crippen LogP contribution is 2.30. The number of nitrogen functional groups attached to an aromatic ring is 1. The van der Waals surface area contributed by atoms with E-state index in [4.69, 9.17) is 24.7 Å². The Morgan fingerprint density at radius 1 is 1.31 bits per heavy atom. The zero-order chi connectivity index (χ0) is 19.1. The average molecular weight is 372 g/mol. The number of hydrogen-bond acceptors (Lipinski definition) is 11. The number of nitrogens with zero attached hydrogens (tertiary/aromatic N) is 3. The van der Waals surface area contributed by atoms with Crippen LogP contribution in [0.25, 0.3) is 0 Å². The summed E-state index contributed by atoms with van der Waals surface area (Å²) in [5.41, 5.74) is 4.70. The Hall–Kier alpha value is -2.57. The first-order valence-corrected chi connectivity index (χ1v) is 7.63. The minimum Gasteiger partial charge on any atom is -0.461 e. The number of ether oxygens (including phenoxy) is 5. The van der Waals surface area contributed by atoms with E-state index in [-0.39, 0.29) is 32.2 Å². The molecule has 1 aliphatic heterocycles. The second-order valence-corrected chi connectivity index (χ2v) is 5.35. The molecule has 1 aliphatic rings. The molecule has 0 aliphatic carbocycles. The number of carbonyl (C=O) groups is 2. The molecule has 1 aromatic heterocycles. The third kappa shape index (κ3) is 5.21. The fraction of sp³-hybridized carbons (Fsp3) is 0.643. The quantitative estimate of drug-likeness (QED) is 0.517. The molecule has 2 rings (SSSR count). The highest BCUT2D eigenvalue weighted by Gasteiger charge is 2.40. The number of methoxy groups -OCH3 is 2. The first-order valence-electron chi connectivity index (χ1n) is 7.63. The van der Waals surface area contributed by atoms with E-state index in [1.165, 1.54) is 20.5 Å². The predicted molar refractivity (Wildman–Crippen MR) is 83.8 cm³/mol. The number of carbonyl (C=O) groups excluding carboxylic acids is 2. The number of aromatic nitrogens is 3. The molecule has 0 unspecified atom stereocenters. The van der Waals surface area contributed by atoms with Gasteiger partial charge < -0.3 is 29.4 Å². The zero-order valence-electron chi connectivity index (χ0n) is 14.3. The third-order valence-electron chi connectivity index (χ3n) is 3.45. The zero-order valence-corrected chi connectivity index (χ0v) is 14.3. The SMILES string of the molecule is COCC(=O)OC[C@H]1O[C@@H](n2cnc(N)nc2=O)C[C@H]1OC(=O)COC. The standard InChI is InChI=1S/C14H20N4O8/c1-22-5-11(19)24-4-9-8(26-12(20)6-23-2)3-10(25-9)18-7-16-13(15)17-14(18)21/h7-10H,3-6H2,1-2H3,(H2,15,17,21)/t8-,9-,10-/m1/s1. The van der Waals surface area contributed by atoms with Crippen molar-refractivity contribution in [1.29, 1.82) is 0 Å². The van der Waals surface area contributed by atoms with Crippen molar-refractivity contribution in [3.63, 3.8) is 0 Å². The minimum absolute atomic E-state index is 0.134. The van der Waals surface area contributed by atoms with Crippen LogP contribution >= 0.6 is 0 Å². The third-order valence-corrected chi connectivity index (χ3v) is 3.45. The van der Waals surface area contributed by atoms with Gasteiger partial charge in [-0.1, -0.05) is 0 Å². The first-order chi connectivity index (χ1) is 12.4. The van der Waals surface area contributed by atoms with E-state index in [2.05, 4.69) is 14.7 Å². The second kappa shape index (κ2) is 9.22. The maximum atomic E-state index is 11.9. The van der Waals surface area contributed by atoms with E-state index in [1.807, 2.05) is 0 Å². The summed E-state index contributed by atoms with van der Waals surface area (Å²) < 4.78 is 26.5. The Labute approximate surface area is 148 Å². The maximum Gasteiger partial charge on any atom is 0.354 e. The molecule has 0 bridgehead atoms. The molecular weight excluding hydrogens is 352 g/mol. The maximum absolute atomic E-state index is 11.9. The summed E-state index contributed by atoms with van der Waals surface area (Å²) in [7, 11) is 2.71. The molecule has 2 heterocycles. The van der Waals surface area contributed by atoms with Crippen molar-refractivity contribution in [2.75, 3.05) is 39.8 Å². The van der Waals surface area contributed by atoms with Gasteiger partial charge in [0.15, 0.2) is 0 Å². The average Bonchev–Trinajstić information content (AvgIpc) is 2.96. The van der Waals surface area contributed by atoms with Gasteiger partial charge in [0.25, 0.3) is 0 Å². The van der Waals surface area contributed by atoms with Gasteiger partial charge in [-0.05, 0) is 0 Å². The van der Waals surface area contributed by atoms with Crippen LogP contribution in [0.5, 0.6) is 0 Å². The van der Waals surface area contributed by atoms with Gasteiger partial charge in [0.2, 0.25) is 5.95 Å². The molecule has 0 radical (unpaired) electrons. The van der Waals surface area contributed by atoms with Crippen molar-refractivity contribution >= 4 is 17.9 Å². The van der Waals surface area contributed by atoms with Crippen LogP contribution in [-0.4, -0.2) is 72.7 Å². The summed E-state index contributed by atoms with van der Waals surface area (Å²) in [5, 5.41) is 0. The lowest BCUT2D eigenvalue weighted by Crippen LogP contribution is -2.33. The van der Waals surface area contributed by atoms with E-state index in [9.17, 15) is 14.4 Å². The number of hydrogen-bond donors (Lipinski definition) is 1. The first kappa shape index (κ1) is 19.8. The van der Waals surface area contributed by atoms with Crippen LogP contribution in [0.4, 0.5) is 5.95 Å². The highest BCUT2D eigenvalue weighted by molar-refractivity contribution is 5.71. The summed E-state index contributed by atoms with van der Waals surface area (Å²) in [5.74, 6) is -1.39. The molecule has 3 atom stereocenters. The molecule has 12 heteroatoms. The molecule has 1 aromatic rings. The van der Waals surface area contributed by atoms with Gasteiger partial charge in [-0.25, -0.2) is 19.4 Å². The predicted octanol–water partition coefficient (Wildman–Crippen LogP) is -1.74. The van der Waals surface area contributed by atoms with Gasteiger partial charge in [-0.2, -0.15) is 4.98 Å². The number of rotatable bonds is 8. The Balaban J connectivity index is 2.10. The van der Waals surface area contributed by atoms with E-state index in [1.54, 1.807) is 0 Å². The van der Waals surface area contributed by atoms with Crippen LogP contribution in [0.3, 0.4) is 0 Å². The van der Waals surface area contributed by atoms with Crippen LogP contribution in [0.1, 0.15) is 12.6 Å². The Morgan fingerprint density at radius 2 is 2.00 bits per heavy atom. The van der Waals surface area contributed by atoms with E-state index in [0.29, 0.717) is 0 Å². The Bertz CT molecular complexity index is 694. The van der Waals surface area contributed by atoms with Crippen LogP contribution in [0.2, 0.25) is 0 Å². The highest BCUT2D eigenvalue weighted by atomic mass is 16.6. The van der Waals surface area contributed by atoms with Crippen LogP contribution < -0.4 is 11.4 Å². The fourth-order valence-electron chi connectivity index (χ4n) is 2.35. The molecule has 0 spiro atoms. The second-order valence-electron chi connectivity index (χ2n) is 5.35. The van der Waals surface area contributed by atoms with E-state index in [0.717, 1.165) is 4.57 Å². The van der Waals surface area contributed by atoms with Gasteiger partial charge in [0, 0.05) is 20.6 Å². The van der Waals surface area contributed by atoms with E-state index >= 15 is 0 Å². The lowest BCUT2D eigenvalue weighted by atomic mass is 10.2. The van der Waals surface area contributed by atoms with Crippen LogP contribution in [0, 0.1) is 0 Å². The van der Waals surface area contributed by atoms with Crippen LogP contribution in [0.15, 0.2) is 11.1 Å². The van der Waals surface area contributed by atoms with E-state index < -0.39 is 36.1 Å². The largest absolute Gasteiger partial charge is 0.461 e. The fourth-order valence-corrected chi connectivity index (χ4v) is 2.35. The summed E-state index contributed by atoms with van der Waals surface area (Å²) in [4.78, 5) is 42.4. The monoisotopic (exact) mass is 372 g/mol. The summed E-state index contributed by atoms with van der Waals surface area (Å²) in [6, 6.07) is 0. The number of anilines is 1. The smallest absolute Gasteiger partial charge is 0.354 e. The molecule has 2 N–H and O–H groups in total. The van der Waals surface area contributed by atoms with Gasteiger partial charge in [0.05, 0.1) is 0 Å². The van der Waals surface area contributed by atoms with Gasteiger partial charge in [-0.3, -0.25) is 4.57 Å². The molecule has 0 amide bonds. The molecule has 0 aromatic carbocycles. The molecule has 26 heavy (non-hydrogen) atoms. The summed E-state index contributed by atoms with van der Waals surface area (Å²) >= 11 is 0. The summed E-state index contributed by atoms with van der Waals surface area (Å²) in [6.45, 7) is -0.661. The Morgan fingerprint density at radius 3 is 2.65 bits per heavy atom. The van der Waals surface area contributed by atoms with Crippen LogP contribution in [-0.2, 0) is 33.3 Å². The van der Waals surface area contributed by atoms with Crippen molar-refractivity contribution in [1.82, 2.24) is 14.5 Å². The normalized spacial score (nSPS) is 22.2. The van der Waals surface area contributed by atoms with Gasteiger partial charge >= 0.3 is 17.6 Å². The molecular formula is C14H20N4O8. The summed E-state index contributed by atoms with van der Waals surface area (Å²) in [6.07, 6.45) is -1.04.